The maximum atomic E-state index is 4.48. The highest BCUT2D eigenvalue weighted by molar-refractivity contribution is 9.10. The number of nitrogens with one attached hydrogen (secondary N) is 2. The second-order valence-electron chi connectivity index (χ2n) is 4.05. The maximum Gasteiger partial charge on any atom is 0.201 e. The van der Waals surface area contributed by atoms with Crippen LogP contribution in [0.5, 0.6) is 0 Å². The van der Waals surface area contributed by atoms with Crippen LogP contribution in [0.2, 0.25) is 0 Å². The average molecular weight is 302 g/mol. The summed E-state index contributed by atoms with van der Waals surface area (Å²) in [5.74, 6) is 0.798. The van der Waals surface area contributed by atoms with Crippen LogP contribution < -0.4 is 5.32 Å². The number of H-pyrrole nitrogens is 1. The first-order valence-electron chi connectivity index (χ1n) is 5.75. The first-order valence-corrected chi connectivity index (χ1v) is 6.54. The Hall–Kier alpha value is -1.81. The number of benzene rings is 2. The predicted octanol–water partition coefficient (Wildman–Crippen LogP) is 3.94. The zero-order valence-corrected chi connectivity index (χ0v) is 11.2. The number of aromatic amines is 1. The summed E-state index contributed by atoms with van der Waals surface area (Å²) < 4.78 is 1.11. The van der Waals surface area contributed by atoms with E-state index in [1.165, 1.54) is 5.56 Å². The summed E-state index contributed by atoms with van der Waals surface area (Å²) in [7, 11) is 0. The van der Waals surface area contributed by atoms with Crippen molar-refractivity contribution in [3.05, 3.63) is 58.6 Å². The van der Waals surface area contributed by atoms with Crippen molar-refractivity contribution in [3.63, 3.8) is 0 Å². The summed E-state index contributed by atoms with van der Waals surface area (Å²) in [4.78, 5) is 7.72. The van der Waals surface area contributed by atoms with E-state index in [9.17, 15) is 0 Å². The van der Waals surface area contributed by atoms with Gasteiger partial charge in [0.2, 0.25) is 5.95 Å². The molecule has 0 aliphatic rings. The summed E-state index contributed by atoms with van der Waals surface area (Å²) >= 11 is 3.53. The molecule has 0 unspecified atom stereocenters. The van der Waals surface area contributed by atoms with Crippen LogP contribution >= 0.6 is 15.9 Å². The fraction of sp³-hybridized carbons (Fsp3) is 0.0714. The average Bonchev–Trinajstić information content (AvgIpc) is 2.80. The molecule has 0 saturated carbocycles. The maximum absolute atomic E-state index is 4.48. The molecule has 2 aromatic carbocycles. The van der Waals surface area contributed by atoms with Crippen LogP contribution in [0.4, 0.5) is 5.95 Å². The van der Waals surface area contributed by atoms with Gasteiger partial charge in [0.05, 0.1) is 11.0 Å². The van der Waals surface area contributed by atoms with Gasteiger partial charge in [-0.25, -0.2) is 4.98 Å². The van der Waals surface area contributed by atoms with Crippen LogP contribution in [0.3, 0.4) is 0 Å². The molecule has 1 aromatic heterocycles. The number of nitrogens with zero attached hydrogens (tertiary/aromatic N) is 1. The van der Waals surface area contributed by atoms with Crippen molar-refractivity contribution in [2.24, 2.45) is 0 Å². The van der Waals surface area contributed by atoms with Crippen LogP contribution in [0.1, 0.15) is 5.56 Å². The third-order valence-corrected chi connectivity index (χ3v) is 3.57. The lowest BCUT2D eigenvalue weighted by atomic mass is 10.2. The molecule has 0 atom stereocenters. The molecule has 0 saturated heterocycles. The number of fused-ring (bicyclic) bond motifs is 1. The highest BCUT2D eigenvalue weighted by Gasteiger charge is 2.02. The molecular weight excluding hydrogens is 290 g/mol. The fourth-order valence-electron chi connectivity index (χ4n) is 1.86. The van der Waals surface area contributed by atoms with Crippen molar-refractivity contribution in [2.75, 3.05) is 5.32 Å². The van der Waals surface area contributed by atoms with Gasteiger partial charge in [0.15, 0.2) is 0 Å². The molecule has 0 spiro atoms. The minimum Gasteiger partial charge on any atom is -0.352 e. The van der Waals surface area contributed by atoms with E-state index >= 15 is 0 Å². The van der Waals surface area contributed by atoms with Crippen LogP contribution in [0.15, 0.2) is 53.0 Å². The first-order chi connectivity index (χ1) is 8.83. The largest absolute Gasteiger partial charge is 0.352 e. The van der Waals surface area contributed by atoms with Crippen molar-refractivity contribution < 1.29 is 0 Å². The van der Waals surface area contributed by atoms with Gasteiger partial charge in [-0.2, -0.15) is 0 Å². The van der Waals surface area contributed by atoms with E-state index in [-0.39, 0.29) is 0 Å². The summed E-state index contributed by atoms with van der Waals surface area (Å²) in [6.07, 6.45) is 0. The fourth-order valence-corrected chi connectivity index (χ4v) is 2.28. The molecule has 4 heteroatoms. The number of anilines is 1. The van der Waals surface area contributed by atoms with Crippen LogP contribution in [0, 0.1) is 0 Å². The van der Waals surface area contributed by atoms with Gasteiger partial charge >= 0.3 is 0 Å². The smallest absolute Gasteiger partial charge is 0.201 e. The normalized spacial score (nSPS) is 10.7. The Labute approximate surface area is 113 Å². The van der Waals surface area contributed by atoms with Gasteiger partial charge in [0.1, 0.15) is 0 Å². The van der Waals surface area contributed by atoms with Crippen molar-refractivity contribution in [3.8, 4) is 0 Å². The quantitative estimate of drug-likeness (QED) is 0.769. The number of imidazole rings is 1. The molecule has 3 nitrogen and oxygen atoms in total. The number of rotatable bonds is 3. The minimum absolute atomic E-state index is 0.737. The van der Waals surface area contributed by atoms with E-state index < -0.39 is 0 Å². The Balaban J connectivity index is 1.79. The monoisotopic (exact) mass is 301 g/mol. The molecule has 3 aromatic rings. The third kappa shape index (κ3) is 2.24. The highest BCUT2D eigenvalue weighted by atomic mass is 79.9. The van der Waals surface area contributed by atoms with Gasteiger partial charge in [0.25, 0.3) is 0 Å². The van der Waals surface area contributed by atoms with E-state index in [0.717, 1.165) is 28.0 Å². The van der Waals surface area contributed by atoms with Gasteiger partial charge in [-0.15, -0.1) is 0 Å². The summed E-state index contributed by atoms with van der Waals surface area (Å²) in [5.41, 5.74) is 3.23. The zero-order chi connectivity index (χ0) is 12.4. The van der Waals surface area contributed by atoms with Crippen LogP contribution in [-0.4, -0.2) is 9.97 Å². The zero-order valence-electron chi connectivity index (χ0n) is 9.65. The SMILES string of the molecule is Brc1ccccc1CNc1nc2ccccc2[nH]1. The Kier molecular flexibility index (Phi) is 3.02. The Bertz CT molecular complexity index is 642. The van der Waals surface area contributed by atoms with E-state index in [0.29, 0.717) is 0 Å². The van der Waals surface area contributed by atoms with Gasteiger partial charge in [0, 0.05) is 11.0 Å². The van der Waals surface area contributed by atoms with Crippen molar-refractivity contribution >= 4 is 32.9 Å². The summed E-state index contributed by atoms with van der Waals surface area (Å²) in [6.45, 7) is 0.737. The van der Waals surface area contributed by atoms with Gasteiger partial charge in [-0.1, -0.05) is 46.3 Å². The lowest BCUT2D eigenvalue weighted by molar-refractivity contribution is 1.09. The Morgan fingerprint density at radius 2 is 1.83 bits per heavy atom. The second kappa shape index (κ2) is 4.82. The molecule has 0 aliphatic carbocycles. The lowest BCUT2D eigenvalue weighted by Gasteiger charge is -2.04. The molecule has 0 aliphatic heterocycles. The number of para-hydroxylation sites is 2. The summed E-state index contributed by atoms with van der Waals surface area (Å²) in [6, 6.07) is 16.2. The molecule has 0 radical (unpaired) electrons. The number of halogens is 1. The van der Waals surface area contributed by atoms with Gasteiger partial charge in [-0.05, 0) is 23.8 Å². The second-order valence-corrected chi connectivity index (χ2v) is 4.90. The van der Waals surface area contributed by atoms with E-state index in [2.05, 4.69) is 37.3 Å². The van der Waals surface area contributed by atoms with Crippen molar-refractivity contribution in [1.82, 2.24) is 9.97 Å². The molecule has 0 bridgehead atoms. The number of hydrogen-bond acceptors (Lipinski definition) is 2. The molecule has 0 fully saturated rings. The Morgan fingerprint density at radius 1 is 1.06 bits per heavy atom. The van der Waals surface area contributed by atoms with Crippen molar-refractivity contribution in [2.45, 2.75) is 6.54 Å². The first kappa shape index (κ1) is 11.3. The van der Waals surface area contributed by atoms with E-state index in [1.807, 2.05) is 42.5 Å². The lowest BCUT2D eigenvalue weighted by Crippen LogP contribution is -2.01. The topological polar surface area (TPSA) is 40.7 Å². The molecular formula is C14H12BrN3. The highest BCUT2D eigenvalue weighted by Crippen LogP contribution is 2.18. The van der Waals surface area contributed by atoms with Crippen molar-refractivity contribution in [1.29, 1.82) is 0 Å². The standard InChI is InChI=1S/C14H12BrN3/c15-11-6-2-1-5-10(11)9-16-14-17-12-7-3-4-8-13(12)18-14/h1-8H,9H2,(H2,16,17,18). The molecule has 1 heterocycles. The van der Waals surface area contributed by atoms with Gasteiger partial charge < -0.3 is 10.3 Å². The minimum atomic E-state index is 0.737. The predicted molar refractivity (Wildman–Crippen MR) is 77.6 cm³/mol. The van der Waals surface area contributed by atoms with Gasteiger partial charge in [-0.3, -0.25) is 0 Å². The molecule has 18 heavy (non-hydrogen) atoms. The number of aromatic nitrogens is 2. The molecule has 2 N–H and O–H groups in total. The Morgan fingerprint density at radius 3 is 2.67 bits per heavy atom. The molecule has 90 valence electrons. The third-order valence-electron chi connectivity index (χ3n) is 2.79. The van der Waals surface area contributed by atoms with E-state index in [4.69, 9.17) is 0 Å². The number of hydrogen-bond donors (Lipinski definition) is 2. The van der Waals surface area contributed by atoms with E-state index in [1.54, 1.807) is 0 Å². The molecule has 0 amide bonds. The summed E-state index contributed by atoms with van der Waals surface area (Å²) in [5, 5.41) is 3.29. The van der Waals surface area contributed by atoms with Crippen LogP contribution in [-0.2, 0) is 6.54 Å². The van der Waals surface area contributed by atoms with Crippen LogP contribution in [0.25, 0.3) is 11.0 Å². The molecule has 3 rings (SSSR count).